The number of benzene rings is 3. The number of nitrogens with two attached hydrogens (primary N) is 1. The van der Waals surface area contributed by atoms with Crippen LogP contribution < -0.4 is 5.73 Å². The van der Waals surface area contributed by atoms with Gasteiger partial charge in [0.25, 0.3) is 5.91 Å². The Balaban J connectivity index is 1.27. The van der Waals surface area contributed by atoms with Crippen molar-refractivity contribution >= 4 is 40.1 Å². The summed E-state index contributed by atoms with van der Waals surface area (Å²) in [6.07, 6.45) is 4.34. The molecule has 232 valence electrons. The minimum Gasteiger partial charge on any atom is -0.494 e. The number of carbonyl (C=O) groups excluding carboxylic acids is 2. The highest BCUT2D eigenvalue weighted by molar-refractivity contribution is 6.22. The van der Waals surface area contributed by atoms with Crippen LogP contribution in [-0.2, 0) is 4.79 Å². The molecule has 2 fully saturated rings. The van der Waals surface area contributed by atoms with Crippen molar-refractivity contribution in [2.45, 2.75) is 44.6 Å². The third kappa shape index (κ3) is 5.69. The lowest BCUT2D eigenvalue weighted by atomic mass is 9.83. The van der Waals surface area contributed by atoms with Crippen LogP contribution in [0.15, 0.2) is 71.7 Å². The van der Waals surface area contributed by atoms with E-state index in [-0.39, 0.29) is 23.3 Å². The number of hydrogen-bond donors (Lipinski definition) is 4. The number of aromatic nitrogens is 1. The minimum atomic E-state index is -1.05. The molecule has 0 radical (unpaired) electrons. The molecule has 5 N–H and O–H groups in total. The topological polar surface area (TPSA) is 152 Å². The first-order valence-electron chi connectivity index (χ1n) is 15.4. The van der Waals surface area contributed by atoms with Gasteiger partial charge in [-0.05, 0) is 87.7 Å². The van der Waals surface area contributed by atoms with E-state index in [9.17, 15) is 24.6 Å². The number of aromatic hydroxyl groups is 1. The lowest BCUT2D eigenvalue weighted by molar-refractivity contribution is -0.134. The van der Waals surface area contributed by atoms with Gasteiger partial charge < -0.3 is 25.8 Å². The molecule has 0 unspecified atom stereocenters. The van der Waals surface area contributed by atoms with Crippen molar-refractivity contribution in [3.8, 4) is 5.88 Å². The number of amides is 2. The van der Waals surface area contributed by atoms with E-state index in [0.717, 1.165) is 31.5 Å². The fourth-order valence-corrected chi connectivity index (χ4v) is 6.78. The van der Waals surface area contributed by atoms with Crippen LogP contribution in [0, 0.1) is 6.92 Å². The summed E-state index contributed by atoms with van der Waals surface area (Å²) in [6.45, 7) is 4.36. The number of nitrogens with zero attached hydrogens (tertiary/aromatic N) is 3. The zero-order chi connectivity index (χ0) is 31.7. The molecule has 1 aromatic heterocycles. The summed E-state index contributed by atoms with van der Waals surface area (Å²) >= 11 is 0. The van der Waals surface area contributed by atoms with Gasteiger partial charge in [0.1, 0.15) is 5.54 Å². The molecular weight excluding hydrogens is 570 g/mol. The molecule has 0 bridgehead atoms. The number of aromatic amines is 1. The van der Waals surface area contributed by atoms with Crippen molar-refractivity contribution in [1.82, 2.24) is 14.8 Å². The molecule has 0 aliphatic carbocycles. The molecule has 0 spiro atoms. The number of hydrogen-bond acceptors (Lipinski definition) is 6. The minimum absolute atomic E-state index is 0.107. The van der Waals surface area contributed by atoms with Crippen LogP contribution in [-0.4, -0.2) is 80.2 Å². The highest BCUT2D eigenvalue weighted by Gasteiger charge is 2.45. The number of aryl methyl sites for hydroxylation is 1. The maximum absolute atomic E-state index is 13.5. The van der Waals surface area contributed by atoms with Crippen LogP contribution in [0.25, 0.3) is 10.9 Å². The third-order valence-electron chi connectivity index (χ3n) is 9.29. The first kappa shape index (κ1) is 30.1. The van der Waals surface area contributed by atoms with Gasteiger partial charge in [-0.1, -0.05) is 36.8 Å². The van der Waals surface area contributed by atoms with Gasteiger partial charge in [-0.15, -0.1) is 0 Å². The molecule has 2 amide bonds. The summed E-state index contributed by atoms with van der Waals surface area (Å²) in [5.41, 5.74) is 9.24. The molecule has 45 heavy (non-hydrogen) atoms. The summed E-state index contributed by atoms with van der Waals surface area (Å²) in [5, 5.41) is 21.2. The highest BCUT2D eigenvalue weighted by atomic mass is 16.4. The smallest absolute Gasteiger partial charge is 0.336 e. The molecule has 0 atom stereocenters. The van der Waals surface area contributed by atoms with Crippen molar-refractivity contribution in [2.75, 3.05) is 26.2 Å². The summed E-state index contributed by atoms with van der Waals surface area (Å²) in [4.78, 5) is 49.6. The van der Waals surface area contributed by atoms with E-state index >= 15 is 0 Å². The fraction of sp³-hybridized carbons (Fsp3) is 0.314. The van der Waals surface area contributed by atoms with Crippen molar-refractivity contribution < 1.29 is 24.6 Å². The number of carbonyl (C=O) groups is 3. The maximum atomic E-state index is 13.5. The number of H-pyrrole nitrogens is 1. The number of fused-ring (bicyclic) bond motifs is 1. The molecule has 3 aromatic carbocycles. The average Bonchev–Trinajstić information content (AvgIpc) is 3.37. The number of nitrogens with one attached hydrogen (secondary N) is 1. The Hall–Kier alpha value is -4.96. The number of aromatic carboxylic acids is 1. The van der Waals surface area contributed by atoms with Crippen molar-refractivity contribution in [1.29, 1.82) is 0 Å². The van der Waals surface area contributed by atoms with E-state index in [1.54, 1.807) is 42.2 Å². The number of primary amides is 1. The number of carboxylic acid groups (broad SMARTS) is 1. The van der Waals surface area contributed by atoms with Gasteiger partial charge in [-0.2, -0.15) is 0 Å². The van der Waals surface area contributed by atoms with Gasteiger partial charge in [0.05, 0.1) is 22.5 Å². The lowest BCUT2D eigenvalue weighted by Gasteiger charge is -2.48. The van der Waals surface area contributed by atoms with Crippen molar-refractivity contribution in [3.63, 3.8) is 0 Å². The summed E-state index contributed by atoms with van der Waals surface area (Å²) in [7, 11) is 0. The van der Waals surface area contributed by atoms with Crippen molar-refractivity contribution in [3.05, 3.63) is 94.5 Å². The van der Waals surface area contributed by atoms with Crippen LogP contribution >= 0.6 is 0 Å². The Kier molecular flexibility index (Phi) is 8.16. The number of aliphatic imine (C=N–C) groups is 1. The van der Waals surface area contributed by atoms with Crippen LogP contribution in [0.5, 0.6) is 5.88 Å². The SMILES string of the molecule is Cc1cc2c(C(=Nc3ccc(C(=O)N4CCC(C(N)=O)(N5CCCCC5)CC4)cc3)c3ccccc3)c(O)[nH]c2cc1C(=O)O. The first-order chi connectivity index (χ1) is 21.7. The van der Waals surface area contributed by atoms with Crippen LogP contribution in [0.4, 0.5) is 5.69 Å². The number of likely N-dealkylation sites (tertiary alicyclic amines) is 2. The van der Waals surface area contributed by atoms with E-state index in [1.807, 2.05) is 30.3 Å². The maximum Gasteiger partial charge on any atom is 0.336 e. The molecule has 0 saturated carbocycles. The Bertz CT molecular complexity index is 1780. The summed E-state index contributed by atoms with van der Waals surface area (Å²) < 4.78 is 0. The van der Waals surface area contributed by atoms with Gasteiger partial charge in [0.2, 0.25) is 5.91 Å². The van der Waals surface area contributed by atoms with E-state index in [1.165, 1.54) is 12.5 Å². The second kappa shape index (κ2) is 12.2. The van der Waals surface area contributed by atoms with Crippen LogP contribution in [0.3, 0.4) is 0 Å². The van der Waals surface area contributed by atoms with Gasteiger partial charge in [0.15, 0.2) is 5.88 Å². The number of piperidine rings is 2. The normalized spacial score (nSPS) is 17.4. The van der Waals surface area contributed by atoms with Gasteiger partial charge in [-0.3, -0.25) is 14.5 Å². The largest absolute Gasteiger partial charge is 0.494 e. The van der Waals surface area contributed by atoms with Crippen molar-refractivity contribution in [2.24, 2.45) is 10.7 Å². The molecule has 2 aliphatic rings. The predicted octanol–water partition coefficient (Wildman–Crippen LogP) is 5.00. The zero-order valence-corrected chi connectivity index (χ0v) is 25.3. The molecular formula is C35H37N5O5. The second-order valence-electron chi connectivity index (χ2n) is 12.0. The summed E-state index contributed by atoms with van der Waals surface area (Å²) in [6, 6.07) is 19.7. The molecule has 2 saturated heterocycles. The monoisotopic (exact) mass is 607 g/mol. The second-order valence-corrected chi connectivity index (χ2v) is 12.0. The van der Waals surface area contributed by atoms with E-state index in [0.29, 0.717) is 64.9 Å². The van der Waals surface area contributed by atoms with Crippen LogP contribution in [0.2, 0.25) is 0 Å². The molecule has 10 heteroatoms. The predicted molar refractivity (Wildman–Crippen MR) is 172 cm³/mol. The molecule has 3 heterocycles. The van der Waals surface area contributed by atoms with Gasteiger partial charge in [0, 0.05) is 35.1 Å². The average molecular weight is 608 g/mol. The Morgan fingerprint density at radius 2 is 1.56 bits per heavy atom. The molecule has 4 aromatic rings. The first-order valence-corrected chi connectivity index (χ1v) is 15.4. The quantitative estimate of drug-likeness (QED) is 0.217. The Morgan fingerprint density at radius 1 is 0.889 bits per heavy atom. The molecule has 10 nitrogen and oxygen atoms in total. The Labute approximate surface area is 261 Å². The van der Waals surface area contributed by atoms with E-state index in [2.05, 4.69) is 9.88 Å². The number of carboxylic acids is 1. The van der Waals surface area contributed by atoms with E-state index < -0.39 is 11.5 Å². The standard InChI is InChI=1S/C35H37N5O5/c1-22-20-27-28(21-26(22)33(43)44)38-31(41)29(27)30(23-8-4-2-5-9-23)37-25-12-10-24(11-13-25)32(42)39-18-14-35(15-19-39,34(36)45)40-16-6-3-7-17-40/h2,4-5,8-13,20-21,38,41H,3,6-7,14-19H2,1H3,(H2,36,45)(H,43,44). The fourth-order valence-electron chi connectivity index (χ4n) is 6.78. The zero-order valence-electron chi connectivity index (χ0n) is 25.3. The van der Waals surface area contributed by atoms with Gasteiger partial charge in [-0.25, -0.2) is 9.79 Å². The van der Waals surface area contributed by atoms with E-state index in [4.69, 9.17) is 10.7 Å². The molecule has 6 rings (SSSR count). The highest BCUT2D eigenvalue weighted by Crippen LogP contribution is 2.34. The number of rotatable bonds is 7. The lowest BCUT2D eigenvalue weighted by Crippen LogP contribution is -2.63. The van der Waals surface area contributed by atoms with Gasteiger partial charge >= 0.3 is 5.97 Å². The summed E-state index contributed by atoms with van der Waals surface area (Å²) in [5.74, 6) is -1.57. The Morgan fingerprint density at radius 3 is 2.18 bits per heavy atom. The van der Waals surface area contributed by atoms with Crippen LogP contribution in [0.1, 0.15) is 69.5 Å². The third-order valence-corrected chi connectivity index (χ3v) is 9.29. The molecule has 2 aliphatic heterocycles.